The van der Waals surface area contributed by atoms with Crippen LogP contribution in [0.15, 0.2) is 18.5 Å². The molecule has 5 nitrogen and oxygen atoms in total. The fourth-order valence-electron chi connectivity index (χ4n) is 1.67. The number of hydrogen-bond donors (Lipinski definition) is 1. The molecular formula is C13H19N5. The Morgan fingerprint density at radius 1 is 1.28 bits per heavy atom. The summed E-state index contributed by atoms with van der Waals surface area (Å²) in [5.74, 6) is 2.25. The maximum Gasteiger partial charge on any atom is 0.136 e. The van der Waals surface area contributed by atoms with Gasteiger partial charge in [-0.15, -0.1) is 0 Å². The van der Waals surface area contributed by atoms with Crippen LogP contribution >= 0.6 is 0 Å². The van der Waals surface area contributed by atoms with E-state index >= 15 is 0 Å². The number of nitrogens with two attached hydrogens (primary N) is 1. The Labute approximate surface area is 107 Å². The van der Waals surface area contributed by atoms with E-state index in [1.165, 1.54) is 0 Å². The summed E-state index contributed by atoms with van der Waals surface area (Å²) in [6, 6.07) is 1.81. The van der Waals surface area contributed by atoms with Gasteiger partial charge in [-0.05, 0) is 0 Å². The van der Waals surface area contributed by atoms with Gasteiger partial charge in [0, 0.05) is 37.3 Å². The van der Waals surface area contributed by atoms with Gasteiger partial charge in [0.05, 0.1) is 5.69 Å². The lowest BCUT2D eigenvalue weighted by molar-refractivity contribution is 0.542. The third kappa shape index (κ3) is 2.67. The highest BCUT2D eigenvalue weighted by atomic mass is 15.0. The van der Waals surface area contributed by atoms with Crippen LogP contribution in [0.1, 0.15) is 38.1 Å². The molecule has 5 heteroatoms. The molecule has 0 aliphatic rings. The molecule has 0 bridgehead atoms. The SMILES string of the molecule is Cn1ccnc1Cc1cc(N)nc(C(C)(C)C)n1. The lowest BCUT2D eigenvalue weighted by Gasteiger charge is -2.17. The van der Waals surface area contributed by atoms with Crippen molar-refractivity contribution in [2.24, 2.45) is 7.05 Å². The summed E-state index contributed by atoms with van der Waals surface area (Å²) in [6.07, 6.45) is 4.37. The second-order valence-corrected chi connectivity index (χ2v) is 5.49. The zero-order chi connectivity index (χ0) is 13.3. The van der Waals surface area contributed by atoms with Crippen molar-refractivity contribution in [3.63, 3.8) is 0 Å². The van der Waals surface area contributed by atoms with Crippen LogP contribution in [0.2, 0.25) is 0 Å². The molecule has 2 N–H and O–H groups in total. The van der Waals surface area contributed by atoms with Crippen LogP contribution in [0.4, 0.5) is 5.82 Å². The lowest BCUT2D eigenvalue weighted by Crippen LogP contribution is -2.18. The van der Waals surface area contributed by atoms with Crippen LogP contribution in [-0.4, -0.2) is 19.5 Å². The Hall–Kier alpha value is -1.91. The number of anilines is 1. The van der Waals surface area contributed by atoms with Gasteiger partial charge in [0.25, 0.3) is 0 Å². The number of aryl methyl sites for hydroxylation is 1. The number of nitrogen functional groups attached to an aromatic ring is 1. The third-order valence-electron chi connectivity index (χ3n) is 2.73. The molecule has 96 valence electrons. The number of aromatic nitrogens is 4. The number of hydrogen-bond acceptors (Lipinski definition) is 4. The Balaban J connectivity index is 2.35. The molecule has 0 atom stereocenters. The van der Waals surface area contributed by atoms with Crippen molar-refractivity contribution >= 4 is 5.82 Å². The molecule has 18 heavy (non-hydrogen) atoms. The summed E-state index contributed by atoms with van der Waals surface area (Å²) in [5, 5.41) is 0. The van der Waals surface area contributed by atoms with Crippen molar-refractivity contribution in [2.75, 3.05) is 5.73 Å². The summed E-state index contributed by atoms with van der Waals surface area (Å²) in [6.45, 7) is 6.23. The molecular weight excluding hydrogens is 226 g/mol. The quantitative estimate of drug-likeness (QED) is 0.874. The second-order valence-electron chi connectivity index (χ2n) is 5.49. The van der Waals surface area contributed by atoms with E-state index in [-0.39, 0.29) is 5.41 Å². The molecule has 0 aromatic carbocycles. The molecule has 2 aromatic rings. The molecule has 0 spiro atoms. The van der Waals surface area contributed by atoms with Crippen LogP contribution in [-0.2, 0) is 18.9 Å². The predicted molar refractivity (Wildman–Crippen MR) is 71.2 cm³/mol. The van der Waals surface area contributed by atoms with E-state index in [0.717, 1.165) is 17.3 Å². The van der Waals surface area contributed by atoms with E-state index in [2.05, 4.69) is 35.7 Å². The fraction of sp³-hybridized carbons (Fsp3) is 0.462. The van der Waals surface area contributed by atoms with Crippen LogP contribution < -0.4 is 5.73 Å². The molecule has 0 aliphatic heterocycles. The first-order valence-corrected chi connectivity index (χ1v) is 5.96. The van der Waals surface area contributed by atoms with E-state index in [1.807, 2.05) is 23.9 Å². The molecule has 0 unspecified atom stereocenters. The van der Waals surface area contributed by atoms with E-state index in [0.29, 0.717) is 12.2 Å². The van der Waals surface area contributed by atoms with Gasteiger partial charge in [0.2, 0.25) is 0 Å². The molecule has 0 radical (unpaired) electrons. The van der Waals surface area contributed by atoms with Gasteiger partial charge >= 0.3 is 0 Å². The Bertz CT molecular complexity index is 551. The highest BCUT2D eigenvalue weighted by Gasteiger charge is 2.19. The predicted octanol–water partition coefficient (Wildman–Crippen LogP) is 1.68. The smallest absolute Gasteiger partial charge is 0.136 e. The first-order chi connectivity index (χ1) is 8.36. The topological polar surface area (TPSA) is 69.6 Å². The standard InChI is InChI=1S/C13H19N5/c1-13(2,3)12-16-9(7-10(14)17-12)8-11-15-5-6-18(11)4/h5-7H,8H2,1-4H3,(H2,14,16,17). The molecule has 0 fully saturated rings. The van der Waals surface area contributed by atoms with Gasteiger partial charge in [-0.3, -0.25) is 0 Å². The van der Waals surface area contributed by atoms with Crippen LogP contribution in [0.25, 0.3) is 0 Å². The van der Waals surface area contributed by atoms with Crippen molar-refractivity contribution in [1.82, 2.24) is 19.5 Å². The summed E-state index contributed by atoms with van der Waals surface area (Å²) in [4.78, 5) is 13.2. The number of rotatable bonds is 2. The normalized spacial score (nSPS) is 11.8. The zero-order valence-corrected chi connectivity index (χ0v) is 11.3. The van der Waals surface area contributed by atoms with Gasteiger partial charge in [0.1, 0.15) is 17.5 Å². The van der Waals surface area contributed by atoms with Crippen molar-refractivity contribution in [2.45, 2.75) is 32.6 Å². The van der Waals surface area contributed by atoms with Gasteiger partial charge in [-0.25, -0.2) is 15.0 Å². The van der Waals surface area contributed by atoms with E-state index in [1.54, 1.807) is 6.20 Å². The second kappa shape index (κ2) is 4.40. The minimum Gasteiger partial charge on any atom is -0.384 e. The van der Waals surface area contributed by atoms with E-state index in [4.69, 9.17) is 5.73 Å². The average Bonchev–Trinajstić information content (AvgIpc) is 2.62. The van der Waals surface area contributed by atoms with Crippen molar-refractivity contribution in [3.8, 4) is 0 Å². The zero-order valence-electron chi connectivity index (χ0n) is 11.3. The molecule has 0 saturated heterocycles. The Morgan fingerprint density at radius 2 is 2.00 bits per heavy atom. The first kappa shape index (κ1) is 12.5. The van der Waals surface area contributed by atoms with Crippen LogP contribution in [0.3, 0.4) is 0 Å². The third-order valence-corrected chi connectivity index (χ3v) is 2.73. The lowest BCUT2D eigenvalue weighted by atomic mass is 9.95. The Morgan fingerprint density at radius 3 is 2.56 bits per heavy atom. The highest BCUT2D eigenvalue weighted by Crippen LogP contribution is 2.20. The molecule has 2 rings (SSSR count). The van der Waals surface area contributed by atoms with Gasteiger partial charge in [-0.2, -0.15) is 0 Å². The van der Waals surface area contributed by atoms with Gasteiger partial charge in [0.15, 0.2) is 0 Å². The van der Waals surface area contributed by atoms with Crippen molar-refractivity contribution in [3.05, 3.63) is 35.8 Å². The molecule has 0 aliphatic carbocycles. The molecule has 2 aromatic heterocycles. The van der Waals surface area contributed by atoms with E-state index < -0.39 is 0 Å². The molecule has 2 heterocycles. The van der Waals surface area contributed by atoms with Gasteiger partial charge < -0.3 is 10.3 Å². The van der Waals surface area contributed by atoms with Crippen molar-refractivity contribution < 1.29 is 0 Å². The maximum absolute atomic E-state index is 5.84. The average molecular weight is 245 g/mol. The highest BCUT2D eigenvalue weighted by molar-refractivity contribution is 5.32. The number of imidazole rings is 1. The van der Waals surface area contributed by atoms with Crippen LogP contribution in [0.5, 0.6) is 0 Å². The monoisotopic (exact) mass is 245 g/mol. The summed E-state index contributed by atoms with van der Waals surface area (Å²) >= 11 is 0. The molecule has 0 amide bonds. The Kier molecular flexibility index (Phi) is 3.07. The largest absolute Gasteiger partial charge is 0.384 e. The van der Waals surface area contributed by atoms with E-state index in [9.17, 15) is 0 Å². The summed E-state index contributed by atoms with van der Waals surface area (Å²) < 4.78 is 1.98. The van der Waals surface area contributed by atoms with Crippen LogP contribution in [0, 0.1) is 0 Å². The minimum absolute atomic E-state index is 0.105. The van der Waals surface area contributed by atoms with Gasteiger partial charge in [-0.1, -0.05) is 20.8 Å². The van der Waals surface area contributed by atoms with Crippen molar-refractivity contribution in [1.29, 1.82) is 0 Å². The summed E-state index contributed by atoms with van der Waals surface area (Å²) in [5.41, 5.74) is 6.64. The number of nitrogens with zero attached hydrogens (tertiary/aromatic N) is 4. The summed E-state index contributed by atoms with van der Waals surface area (Å²) in [7, 11) is 1.97. The fourth-order valence-corrected chi connectivity index (χ4v) is 1.67. The first-order valence-electron chi connectivity index (χ1n) is 5.96. The maximum atomic E-state index is 5.84. The minimum atomic E-state index is -0.105. The molecule has 0 saturated carbocycles.